The van der Waals surface area contributed by atoms with Crippen molar-refractivity contribution in [3.8, 4) is 0 Å². The molecule has 0 fully saturated rings. The van der Waals surface area contributed by atoms with Crippen molar-refractivity contribution in [1.82, 2.24) is 5.32 Å². The van der Waals surface area contributed by atoms with Crippen LogP contribution in [0.15, 0.2) is 24.3 Å². The van der Waals surface area contributed by atoms with E-state index >= 15 is 0 Å². The van der Waals surface area contributed by atoms with Gasteiger partial charge >= 0.3 is 7.82 Å². The van der Waals surface area contributed by atoms with Gasteiger partial charge in [0.25, 0.3) is 0 Å². The average molecular weight is 730 g/mol. The molecule has 0 aromatic heterocycles. The van der Waals surface area contributed by atoms with E-state index in [0.717, 1.165) is 38.5 Å². The second-order valence-corrected chi connectivity index (χ2v) is 16.8. The van der Waals surface area contributed by atoms with Crippen LogP contribution in [-0.4, -0.2) is 73.4 Å². The fraction of sp³-hybridized carbons (Fsp3) is 0.878. The first-order chi connectivity index (χ1) is 24.0. The molecule has 0 aromatic carbocycles. The smallest absolute Gasteiger partial charge is 0.387 e. The van der Waals surface area contributed by atoms with E-state index in [1.54, 1.807) is 6.08 Å². The van der Waals surface area contributed by atoms with Gasteiger partial charge in [0.2, 0.25) is 5.91 Å². The van der Waals surface area contributed by atoms with Gasteiger partial charge in [-0.1, -0.05) is 154 Å². The number of nitrogens with one attached hydrogen (secondary N) is 1. The van der Waals surface area contributed by atoms with Crippen molar-refractivity contribution in [3.63, 3.8) is 0 Å². The van der Waals surface area contributed by atoms with Crippen molar-refractivity contribution in [2.75, 3.05) is 40.9 Å². The fourth-order valence-corrected chi connectivity index (χ4v) is 6.53. The topological polar surface area (TPSA) is 105 Å². The predicted octanol–water partition coefficient (Wildman–Crippen LogP) is 11.0. The van der Waals surface area contributed by atoms with Gasteiger partial charge in [-0.3, -0.25) is 13.8 Å². The zero-order chi connectivity index (χ0) is 37.2. The van der Waals surface area contributed by atoms with E-state index in [1.165, 1.54) is 122 Å². The summed E-state index contributed by atoms with van der Waals surface area (Å²) in [5, 5.41) is 13.8. The van der Waals surface area contributed by atoms with Crippen LogP contribution in [0.2, 0.25) is 0 Å². The Hall–Kier alpha value is -1.02. The number of aliphatic hydroxyl groups is 1. The number of unbranched alkanes of at least 4 members (excludes halogenated alkanes) is 22. The lowest BCUT2D eigenvalue weighted by Crippen LogP contribution is -2.45. The third-order valence-electron chi connectivity index (χ3n) is 9.17. The molecule has 0 rings (SSSR count). The van der Waals surface area contributed by atoms with E-state index in [1.807, 2.05) is 27.2 Å². The molecule has 9 heteroatoms. The number of hydrogen-bond donors (Lipinski definition) is 3. The fourth-order valence-electron chi connectivity index (χ4n) is 5.80. The molecule has 0 bridgehead atoms. The largest absolute Gasteiger partial charge is 0.472 e. The zero-order valence-electron chi connectivity index (χ0n) is 33.4. The molecular formula is C41H82N2O6P+. The monoisotopic (exact) mass is 730 g/mol. The van der Waals surface area contributed by atoms with Crippen LogP contribution < -0.4 is 5.32 Å². The van der Waals surface area contributed by atoms with Gasteiger partial charge in [0.05, 0.1) is 39.9 Å². The van der Waals surface area contributed by atoms with Gasteiger partial charge < -0.3 is 19.8 Å². The van der Waals surface area contributed by atoms with Crippen LogP contribution in [0.5, 0.6) is 0 Å². The predicted molar refractivity (Wildman–Crippen MR) is 212 cm³/mol. The summed E-state index contributed by atoms with van der Waals surface area (Å²) in [5.41, 5.74) is 0. The first-order valence-electron chi connectivity index (χ1n) is 20.7. The van der Waals surface area contributed by atoms with Gasteiger partial charge in [0.1, 0.15) is 13.2 Å². The number of aliphatic hydroxyl groups excluding tert-OH is 1. The minimum Gasteiger partial charge on any atom is -0.387 e. The molecule has 296 valence electrons. The highest BCUT2D eigenvalue weighted by Gasteiger charge is 2.27. The highest BCUT2D eigenvalue weighted by atomic mass is 31.2. The maximum Gasteiger partial charge on any atom is 0.472 e. The third kappa shape index (κ3) is 35.4. The third-order valence-corrected chi connectivity index (χ3v) is 10.1. The van der Waals surface area contributed by atoms with E-state index in [2.05, 4.69) is 31.3 Å². The molecule has 3 atom stereocenters. The summed E-state index contributed by atoms with van der Waals surface area (Å²) in [6.07, 6.45) is 38.1. The summed E-state index contributed by atoms with van der Waals surface area (Å²) < 4.78 is 23.5. The van der Waals surface area contributed by atoms with Crippen LogP contribution in [-0.2, 0) is 18.4 Å². The van der Waals surface area contributed by atoms with Crippen LogP contribution in [0.25, 0.3) is 0 Å². The Morgan fingerprint density at radius 3 is 1.54 bits per heavy atom. The molecule has 3 N–H and O–H groups in total. The Bertz CT molecular complexity index is 876. The quantitative estimate of drug-likeness (QED) is 0.0254. The summed E-state index contributed by atoms with van der Waals surface area (Å²) in [4.78, 5) is 23.0. The first-order valence-corrected chi connectivity index (χ1v) is 22.2. The summed E-state index contributed by atoms with van der Waals surface area (Å²) in [6.45, 7) is 4.78. The Morgan fingerprint density at radius 1 is 0.660 bits per heavy atom. The molecule has 0 saturated carbocycles. The molecule has 0 spiro atoms. The van der Waals surface area contributed by atoms with Crippen LogP contribution in [0, 0.1) is 0 Å². The molecular weight excluding hydrogens is 647 g/mol. The second-order valence-electron chi connectivity index (χ2n) is 15.4. The molecule has 0 aliphatic rings. The number of rotatable bonds is 37. The van der Waals surface area contributed by atoms with Gasteiger partial charge in [-0.15, -0.1) is 0 Å². The Balaban J connectivity index is 4.43. The van der Waals surface area contributed by atoms with Crippen molar-refractivity contribution >= 4 is 13.7 Å². The molecule has 1 unspecified atom stereocenters. The second kappa shape index (κ2) is 33.8. The maximum atomic E-state index is 12.8. The average Bonchev–Trinajstić information content (AvgIpc) is 3.06. The highest BCUT2D eigenvalue weighted by Crippen LogP contribution is 2.43. The minimum absolute atomic E-state index is 0.0614. The number of carbonyl (C=O) groups is 1. The number of phosphoric ester groups is 1. The van der Waals surface area contributed by atoms with E-state index in [4.69, 9.17) is 9.05 Å². The Morgan fingerprint density at radius 2 is 1.08 bits per heavy atom. The van der Waals surface area contributed by atoms with Crippen molar-refractivity contribution in [3.05, 3.63) is 24.3 Å². The van der Waals surface area contributed by atoms with Crippen LogP contribution in [0.3, 0.4) is 0 Å². The molecule has 8 nitrogen and oxygen atoms in total. The number of hydrogen-bond acceptors (Lipinski definition) is 5. The Kier molecular flexibility index (Phi) is 33.1. The van der Waals surface area contributed by atoms with Crippen molar-refractivity contribution in [2.24, 2.45) is 0 Å². The zero-order valence-corrected chi connectivity index (χ0v) is 34.3. The van der Waals surface area contributed by atoms with E-state index in [9.17, 15) is 19.4 Å². The minimum atomic E-state index is -4.33. The van der Waals surface area contributed by atoms with Crippen LogP contribution in [0.1, 0.15) is 181 Å². The van der Waals surface area contributed by atoms with Gasteiger partial charge in [0, 0.05) is 6.42 Å². The van der Waals surface area contributed by atoms with E-state index in [-0.39, 0.29) is 19.1 Å². The van der Waals surface area contributed by atoms with Crippen molar-refractivity contribution in [1.29, 1.82) is 0 Å². The standard InChI is InChI=1S/C41H81N2O6P/c1-6-8-10-12-14-16-18-19-20-21-22-23-25-27-29-31-33-35-41(45)42-39(38-49-50(46,47)48-37-36-43(3,4)5)40(44)34-32-30-28-26-24-17-15-13-11-9-7-2/h19-20,32,34,39-40,44H,6-18,21-31,33,35-38H2,1-5H3,(H-,42,45,46,47)/p+1/b20-19+,34-32+/t39-,40+/m0/s1. The first kappa shape index (κ1) is 49.0. The lowest BCUT2D eigenvalue weighted by atomic mass is 10.1. The van der Waals surface area contributed by atoms with Crippen LogP contribution >= 0.6 is 7.82 Å². The highest BCUT2D eigenvalue weighted by molar-refractivity contribution is 7.47. The lowest BCUT2D eigenvalue weighted by molar-refractivity contribution is -0.870. The molecule has 0 aliphatic heterocycles. The summed E-state index contributed by atoms with van der Waals surface area (Å²) in [5.74, 6) is -0.184. The summed E-state index contributed by atoms with van der Waals surface area (Å²) in [7, 11) is 1.57. The van der Waals surface area contributed by atoms with Crippen molar-refractivity contribution in [2.45, 2.75) is 193 Å². The number of amides is 1. The summed E-state index contributed by atoms with van der Waals surface area (Å²) in [6, 6.07) is -0.843. The van der Waals surface area contributed by atoms with Gasteiger partial charge in [-0.05, 0) is 44.9 Å². The van der Waals surface area contributed by atoms with Gasteiger partial charge in [0.15, 0.2) is 0 Å². The molecule has 0 aromatic rings. The molecule has 50 heavy (non-hydrogen) atoms. The normalized spacial score (nSPS) is 14.8. The molecule has 1 amide bonds. The molecule has 0 radical (unpaired) electrons. The summed E-state index contributed by atoms with van der Waals surface area (Å²) >= 11 is 0. The maximum absolute atomic E-state index is 12.8. The number of nitrogens with zero attached hydrogens (tertiary/aromatic N) is 1. The van der Waals surface area contributed by atoms with E-state index < -0.39 is 20.0 Å². The van der Waals surface area contributed by atoms with Crippen LogP contribution in [0.4, 0.5) is 0 Å². The number of allylic oxidation sites excluding steroid dienone is 3. The molecule has 0 heterocycles. The van der Waals surface area contributed by atoms with E-state index in [0.29, 0.717) is 17.4 Å². The Labute approximate surface area is 309 Å². The van der Waals surface area contributed by atoms with Crippen molar-refractivity contribution < 1.29 is 32.9 Å². The number of carbonyl (C=O) groups excluding carboxylic acids is 1. The molecule has 0 aliphatic carbocycles. The van der Waals surface area contributed by atoms with Gasteiger partial charge in [-0.2, -0.15) is 0 Å². The number of phosphoric acid groups is 1. The number of quaternary nitrogens is 1. The SMILES string of the molecule is CCCCCCCC/C=C/CCCCCCCCCC(=O)N[C@@H](COP(=O)(O)OCC[N+](C)(C)C)[C@H](O)/C=C/CCCCCCCCCCC. The number of likely N-dealkylation sites (N-methyl/N-ethyl adjacent to an activating group) is 1. The lowest BCUT2D eigenvalue weighted by Gasteiger charge is -2.25. The molecule has 0 saturated heterocycles. The van der Waals surface area contributed by atoms with Gasteiger partial charge in [-0.25, -0.2) is 4.57 Å².